The molecule has 1 aromatic carbocycles. The molecule has 1 amide bonds. The number of benzene rings is 1. The fourth-order valence-corrected chi connectivity index (χ4v) is 2.36. The van der Waals surface area contributed by atoms with Gasteiger partial charge in [-0.2, -0.15) is 5.10 Å². The first kappa shape index (κ1) is 18.4. The normalized spacial score (nSPS) is 11.0. The van der Waals surface area contributed by atoms with E-state index in [1.54, 1.807) is 6.21 Å². The lowest BCUT2D eigenvalue weighted by Crippen LogP contribution is -2.16. The minimum absolute atomic E-state index is 0.00865. The van der Waals surface area contributed by atoms with Gasteiger partial charge in [-0.3, -0.25) is 4.79 Å². The van der Waals surface area contributed by atoms with Gasteiger partial charge in [0.05, 0.1) is 6.21 Å². The van der Waals surface area contributed by atoms with E-state index < -0.39 is 0 Å². The molecule has 0 bridgehead atoms. The summed E-state index contributed by atoms with van der Waals surface area (Å²) >= 11 is 0. The number of hydrogen-bond donors (Lipinski definition) is 1. The molecule has 3 nitrogen and oxygen atoms in total. The Bertz CT molecular complexity index is 437. The van der Waals surface area contributed by atoms with Crippen molar-refractivity contribution in [2.45, 2.75) is 71.6 Å². The number of carbonyl (C=O) groups excluding carboxylic acids is 1. The van der Waals surface area contributed by atoms with Gasteiger partial charge in [0.25, 0.3) is 0 Å². The summed E-state index contributed by atoms with van der Waals surface area (Å²) in [5.74, 6) is 0.00865. The lowest BCUT2D eigenvalue weighted by Gasteiger charge is -2.01. The van der Waals surface area contributed by atoms with Crippen molar-refractivity contribution in [2.75, 3.05) is 0 Å². The highest BCUT2D eigenvalue weighted by Crippen LogP contribution is 2.07. The average molecular weight is 302 g/mol. The first-order chi connectivity index (χ1) is 10.8. The molecule has 0 heterocycles. The van der Waals surface area contributed by atoms with Gasteiger partial charge in [-0.1, -0.05) is 76.6 Å². The molecule has 0 spiro atoms. The molecule has 0 unspecified atom stereocenters. The molecule has 22 heavy (non-hydrogen) atoms. The van der Waals surface area contributed by atoms with E-state index in [0.29, 0.717) is 6.42 Å². The molecule has 0 aliphatic heterocycles. The van der Waals surface area contributed by atoms with Crippen LogP contribution in [0.15, 0.2) is 29.4 Å². The number of amides is 1. The summed E-state index contributed by atoms with van der Waals surface area (Å²) in [6.07, 6.45) is 11.7. The number of aryl methyl sites for hydroxylation is 1. The minimum Gasteiger partial charge on any atom is -0.273 e. The lowest BCUT2D eigenvalue weighted by atomic mass is 10.1. The van der Waals surface area contributed by atoms with Gasteiger partial charge < -0.3 is 0 Å². The zero-order valence-corrected chi connectivity index (χ0v) is 14.1. The third-order valence-electron chi connectivity index (χ3n) is 3.68. The van der Waals surface area contributed by atoms with Crippen LogP contribution < -0.4 is 5.43 Å². The van der Waals surface area contributed by atoms with Crippen LogP contribution in [0.1, 0.15) is 76.3 Å². The van der Waals surface area contributed by atoms with Gasteiger partial charge in [0.2, 0.25) is 5.91 Å². The van der Waals surface area contributed by atoms with Gasteiger partial charge >= 0.3 is 0 Å². The number of rotatable bonds is 11. The van der Waals surface area contributed by atoms with Crippen molar-refractivity contribution in [3.63, 3.8) is 0 Å². The Hall–Kier alpha value is -1.64. The molecule has 0 radical (unpaired) electrons. The second-order valence-electron chi connectivity index (χ2n) is 5.80. The maximum Gasteiger partial charge on any atom is 0.240 e. The lowest BCUT2D eigenvalue weighted by molar-refractivity contribution is -0.121. The van der Waals surface area contributed by atoms with Crippen LogP contribution in [0.5, 0.6) is 0 Å². The molecule has 122 valence electrons. The number of unbranched alkanes of at least 4 members (excludes halogenated alkanes) is 5. The van der Waals surface area contributed by atoms with E-state index in [2.05, 4.69) is 36.5 Å². The Balaban J connectivity index is 2.17. The summed E-state index contributed by atoms with van der Waals surface area (Å²) in [6, 6.07) is 8.30. The predicted molar refractivity (Wildman–Crippen MR) is 94.2 cm³/mol. The smallest absolute Gasteiger partial charge is 0.240 e. The Kier molecular flexibility index (Phi) is 10.0. The molecule has 0 aromatic heterocycles. The highest BCUT2D eigenvalue weighted by atomic mass is 16.2. The highest BCUT2D eigenvalue weighted by Gasteiger charge is 1.99. The van der Waals surface area contributed by atoms with Crippen molar-refractivity contribution in [1.82, 2.24) is 5.43 Å². The van der Waals surface area contributed by atoms with E-state index in [1.165, 1.54) is 31.2 Å². The van der Waals surface area contributed by atoms with Crippen LogP contribution in [-0.4, -0.2) is 12.1 Å². The number of hydrogen-bond acceptors (Lipinski definition) is 2. The van der Waals surface area contributed by atoms with Gasteiger partial charge in [-0.25, -0.2) is 5.43 Å². The second-order valence-corrected chi connectivity index (χ2v) is 5.80. The quantitative estimate of drug-likeness (QED) is 0.355. The molecule has 0 fully saturated rings. The molecule has 0 atom stereocenters. The van der Waals surface area contributed by atoms with Crippen molar-refractivity contribution in [3.8, 4) is 0 Å². The largest absolute Gasteiger partial charge is 0.273 e. The van der Waals surface area contributed by atoms with Gasteiger partial charge in [-0.05, 0) is 24.0 Å². The average Bonchev–Trinajstić information content (AvgIpc) is 2.53. The van der Waals surface area contributed by atoms with Crippen LogP contribution in [-0.2, 0) is 11.2 Å². The van der Waals surface area contributed by atoms with Crippen molar-refractivity contribution < 1.29 is 4.79 Å². The monoisotopic (exact) mass is 302 g/mol. The number of nitrogens with zero attached hydrogens (tertiary/aromatic N) is 1. The molecule has 0 aliphatic rings. The predicted octanol–water partition coefficient (Wildman–Crippen LogP) is 4.84. The molecule has 1 aromatic rings. The minimum atomic E-state index is 0.00865. The summed E-state index contributed by atoms with van der Waals surface area (Å²) < 4.78 is 0. The maximum absolute atomic E-state index is 11.6. The molecule has 1 rings (SSSR count). The van der Waals surface area contributed by atoms with Crippen LogP contribution >= 0.6 is 0 Å². The molecular weight excluding hydrogens is 272 g/mol. The highest BCUT2D eigenvalue weighted by molar-refractivity contribution is 5.82. The zero-order valence-electron chi connectivity index (χ0n) is 14.1. The Morgan fingerprint density at radius 3 is 2.36 bits per heavy atom. The molecule has 1 N–H and O–H groups in total. The Labute approximate surface area is 135 Å². The van der Waals surface area contributed by atoms with Crippen molar-refractivity contribution in [2.24, 2.45) is 5.10 Å². The zero-order chi connectivity index (χ0) is 16.0. The fourth-order valence-electron chi connectivity index (χ4n) is 2.36. The Morgan fingerprint density at radius 2 is 1.68 bits per heavy atom. The summed E-state index contributed by atoms with van der Waals surface area (Å²) in [5.41, 5.74) is 4.96. The number of carbonyl (C=O) groups is 1. The summed E-state index contributed by atoms with van der Waals surface area (Å²) in [4.78, 5) is 11.6. The van der Waals surface area contributed by atoms with E-state index in [4.69, 9.17) is 0 Å². The van der Waals surface area contributed by atoms with E-state index in [-0.39, 0.29) is 5.91 Å². The van der Waals surface area contributed by atoms with Gasteiger partial charge in [0.15, 0.2) is 0 Å². The van der Waals surface area contributed by atoms with Gasteiger partial charge in [0.1, 0.15) is 0 Å². The number of hydrazone groups is 1. The van der Waals surface area contributed by atoms with Crippen molar-refractivity contribution in [3.05, 3.63) is 35.4 Å². The van der Waals surface area contributed by atoms with Crippen molar-refractivity contribution in [1.29, 1.82) is 0 Å². The van der Waals surface area contributed by atoms with Gasteiger partial charge in [0, 0.05) is 6.42 Å². The SMILES string of the molecule is CCCCCCCCC(=O)NN=Cc1ccc(CCC)cc1. The first-order valence-electron chi connectivity index (χ1n) is 8.67. The standard InChI is InChI=1S/C19H30N2O/c1-3-5-6-7-8-9-11-19(22)21-20-16-18-14-12-17(10-4-2)13-15-18/h12-16H,3-11H2,1-2H3,(H,21,22). The van der Waals surface area contributed by atoms with Crippen LogP contribution in [0, 0.1) is 0 Å². The van der Waals surface area contributed by atoms with Crippen LogP contribution in [0.25, 0.3) is 0 Å². The molecular formula is C19H30N2O. The maximum atomic E-state index is 11.6. The Morgan fingerprint density at radius 1 is 1.00 bits per heavy atom. The summed E-state index contributed by atoms with van der Waals surface area (Å²) in [6.45, 7) is 4.39. The topological polar surface area (TPSA) is 41.5 Å². The van der Waals surface area contributed by atoms with E-state index in [1.807, 2.05) is 12.1 Å². The fraction of sp³-hybridized carbons (Fsp3) is 0.579. The van der Waals surface area contributed by atoms with E-state index in [9.17, 15) is 4.79 Å². The summed E-state index contributed by atoms with van der Waals surface area (Å²) in [5, 5.41) is 4.02. The second kappa shape index (κ2) is 12.0. The van der Waals surface area contributed by atoms with Crippen molar-refractivity contribution >= 4 is 12.1 Å². The third-order valence-corrected chi connectivity index (χ3v) is 3.68. The molecule has 0 aliphatic carbocycles. The molecule has 0 saturated heterocycles. The number of nitrogens with one attached hydrogen (secondary N) is 1. The first-order valence-corrected chi connectivity index (χ1v) is 8.67. The summed E-state index contributed by atoms with van der Waals surface area (Å²) in [7, 11) is 0. The van der Waals surface area contributed by atoms with Crippen LogP contribution in [0.2, 0.25) is 0 Å². The molecule has 0 saturated carbocycles. The third kappa shape index (κ3) is 8.60. The van der Waals surface area contributed by atoms with E-state index in [0.717, 1.165) is 31.2 Å². The molecule has 3 heteroatoms. The van der Waals surface area contributed by atoms with Crippen LogP contribution in [0.3, 0.4) is 0 Å². The van der Waals surface area contributed by atoms with Crippen LogP contribution in [0.4, 0.5) is 0 Å². The van der Waals surface area contributed by atoms with E-state index >= 15 is 0 Å². The van der Waals surface area contributed by atoms with Gasteiger partial charge in [-0.15, -0.1) is 0 Å².